The van der Waals surface area contributed by atoms with Crippen molar-refractivity contribution in [3.8, 4) is 17.2 Å². The number of ether oxygens (including phenoxy) is 4. The lowest BCUT2D eigenvalue weighted by molar-refractivity contribution is -0.123. The Morgan fingerprint density at radius 1 is 1.00 bits per heavy atom. The number of nitrogens with one attached hydrogen (secondary N) is 2. The van der Waals surface area contributed by atoms with Crippen LogP contribution >= 0.6 is 0 Å². The van der Waals surface area contributed by atoms with Crippen molar-refractivity contribution in [2.24, 2.45) is 16.7 Å². The summed E-state index contributed by atoms with van der Waals surface area (Å²) in [5, 5.41) is 16.2. The first-order chi connectivity index (χ1) is 19.7. The normalized spacial score (nSPS) is 14.4. The molecule has 1 heterocycles. The van der Waals surface area contributed by atoms with Gasteiger partial charge >= 0.3 is 0 Å². The Labute approximate surface area is 248 Å². The van der Waals surface area contributed by atoms with E-state index in [2.05, 4.69) is 20.6 Å². The molecule has 1 atom stereocenters. The van der Waals surface area contributed by atoms with E-state index in [1.807, 2.05) is 6.07 Å². The van der Waals surface area contributed by atoms with Crippen LogP contribution in [0.5, 0.6) is 17.2 Å². The van der Waals surface area contributed by atoms with Gasteiger partial charge in [-0.3, -0.25) is 14.9 Å². The second kappa shape index (κ2) is 13.5. The maximum Gasteiger partial charge on any atom is 0.232 e. The molecule has 0 radical (unpaired) electrons. The van der Waals surface area contributed by atoms with E-state index >= 15 is 0 Å². The number of nitrogens with zero attached hydrogens (tertiary/aromatic N) is 2. The third-order valence-electron chi connectivity index (χ3n) is 6.70. The minimum Gasteiger partial charge on any atom is -0.493 e. The van der Waals surface area contributed by atoms with Crippen LogP contribution in [-0.2, 0) is 20.7 Å². The molecule has 0 saturated heterocycles. The molecule has 0 bridgehead atoms. The zero-order valence-corrected chi connectivity index (χ0v) is 26.1. The lowest BCUT2D eigenvalue weighted by atomic mass is 9.95. The molecule has 1 unspecified atom stereocenters. The molecule has 230 valence electrons. The molecule has 11 nitrogen and oxygen atoms in total. The molecule has 3 rings (SSSR count). The van der Waals surface area contributed by atoms with Crippen molar-refractivity contribution in [1.29, 1.82) is 0 Å². The highest BCUT2D eigenvalue weighted by atomic mass is 16.7. The van der Waals surface area contributed by atoms with Gasteiger partial charge in [-0.1, -0.05) is 53.7 Å². The van der Waals surface area contributed by atoms with Crippen LogP contribution in [-0.4, -0.2) is 61.1 Å². The maximum absolute atomic E-state index is 13.0. The molecule has 1 aliphatic rings. The number of amides is 2. The topological polar surface area (TPSA) is 141 Å². The molecular weight excluding hydrogens is 540 g/mol. The smallest absolute Gasteiger partial charge is 0.232 e. The minimum atomic E-state index is -0.700. The van der Waals surface area contributed by atoms with Crippen molar-refractivity contribution in [3.63, 3.8) is 0 Å². The van der Waals surface area contributed by atoms with Crippen molar-refractivity contribution in [2.75, 3.05) is 38.8 Å². The molecule has 2 aromatic rings. The number of carbonyl (C=O) groups is 2. The van der Waals surface area contributed by atoms with E-state index in [4.69, 9.17) is 18.9 Å². The number of rotatable bonds is 12. The van der Waals surface area contributed by atoms with E-state index in [1.165, 1.54) is 21.3 Å². The number of anilines is 2. The Hall–Kier alpha value is -3.70. The van der Waals surface area contributed by atoms with Gasteiger partial charge in [-0.2, -0.15) is 4.98 Å². The Bertz CT molecular complexity index is 1310. The summed E-state index contributed by atoms with van der Waals surface area (Å²) in [7, 11) is 4.56. The average molecular weight is 585 g/mol. The quantitative estimate of drug-likeness (QED) is 0.299. The number of benzene rings is 1. The Balaban J connectivity index is 2.15. The van der Waals surface area contributed by atoms with Gasteiger partial charge in [0.25, 0.3) is 0 Å². The molecule has 1 saturated carbocycles. The lowest BCUT2D eigenvalue weighted by Crippen LogP contribution is -2.30. The molecular formula is C31H44N4O7. The van der Waals surface area contributed by atoms with Crippen molar-refractivity contribution in [3.05, 3.63) is 35.0 Å². The number of carbonyl (C=O) groups excluding carboxylic acids is 2. The highest BCUT2D eigenvalue weighted by Gasteiger charge is 2.29. The van der Waals surface area contributed by atoms with Crippen LogP contribution < -0.4 is 24.8 Å². The fourth-order valence-corrected chi connectivity index (χ4v) is 3.90. The van der Waals surface area contributed by atoms with Crippen molar-refractivity contribution in [2.45, 2.75) is 66.9 Å². The fourth-order valence-electron chi connectivity index (χ4n) is 3.90. The van der Waals surface area contributed by atoms with Crippen LogP contribution in [0.1, 0.15) is 71.1 Å². The SMILES string of the molecule is COCOc1c(/C=C/C(O)C2CC2)c(Cc2cnc(NC(=O)C(C)(C)C)nc2NC(=O)C(C)(C)C)cc(OC)c1OC. The second-order valence-corrected chi connectivity index (χ2v) is 12.4. The summed E-state index contributed by atoms with van der Waals surface area (Å²) in [6, 6.07) is 1.81. The van der Waals surface area contributed by atoms with Crippen molar-refractivity contribution in [1.82, 2.24) is 9.97 Å². The zero-order valence-electron chi connectivity index (χ0n) is 26.1. The van der Waals surface area contributed by atoms with Crippen molar-refractivity contribution < 1.29 is 33.6 Å². The monoisotopic (exact) mass is 584 g/mol. The first-order valence-corrected chi connectivity index (χ1v) is 13.9. The van der Waals surface area contributed by atoms with Gasteiger partial charge in [-0.15, -0.1) is 0 Å². The summed E-state index contributed by atoms with van der Waals surface area (Å²) < 4.78 is 22.4. The Morgan fingerprint density at radius 2 is 1.64 bits per heavy atom. The third-order valence-corrected chi connectivity index (χ3v) is 6.70. The molecule has 42 heavy (non-hydrogen) atoms. The van der Waals surface area contributed by atoms with Gasteiger partial charge in [0.1, 0.15) is 5.82 Å². The molecule has 0 aliphatic heterocycles. The molecule has 0 spiro atoms. The minimum absolute atomic E-state index is 0.0485. The molecule has 1 fully saturated rings. The summed E-state index contributed by atoms with van der Waals surface area (Å²) >= 11 is 0. The molecule has 1 aromatic heterocycles. The zero-order chi connectivity index (χ0) is 31.2. The third kappa shape index (κ3) is 8.42. The van der Waals surface area contributed by atoms with Crippen molar-refractivity contribution >= 4 is 29.7 Å². The second-order valence-electron chi connectivity index (χ2n) is 12.4. The average Bonchev–Trinajstić information content (AvgIpc) is 3.76. The van der Waals surface area contributed by atoms with Gasteiger partial charge in [0.05, 0.1) is 20.3 Å². The molecule has 1 aliphatic carbocycles. The maximum atomic E-state index is 13.0. The first kappa shape index (κ1) is 32.8. The van der Waals surface area contributed by atoms with E-state index in [0.29, 0.717) is 28.4 Å². The number of hydrogen-bond acceptors (Lipinski definition) is 9. The standard InChI is InChI=1S/C31H44N4O7/c1-30(2,3)27(37)33-26-20(16-32-29(34-26)35-28(38)31(4,5)6)14-19-15-23(40-8)25(41-9)24(42-17-39-7)21(19)12-13-22(36)18-10-11-18/h12-13,15-16,18,22,36H,10-11,14,17H2,1-9H3,(H2,32,33,34,35,37,38)/b13-12+. The van der Waals surface area contributed by atoms with E-state index < -0.39 is 16.9 Å². The van der Waals surface area contributed by atoms with Gasteiger partial charge in [-0.05, 0) is 30.4 Å². The van der Waals surface area contributed by atoms with E-state index in [-0.39, 0.29) is 42.7 Å². The number of methoxy groups -OCH3 is 3. The predicted octanol–water partition coefficient (Wildman–Crippen LogP) is 4.82. The largest absolute Gasteiger partial charge is 0.493 e. The first-order valence-electron chi connectivity index (χ1n) is 13.9. The number of aliphatic hydroxyl groups excluding tert-OH is 1. The van der Waals surface area contributed by atoms with Gasteiger partial charge in [0, 0.05) is 41.7 Å². The Kier molecular flexibility index (Phi) is 10.6. The predicted molar refractivity (Wildman–Crippen MR) is 161 cm³/mol. The van der Waals surface area contributed by atoms with Crippen LogP contribution in [0.4, 0.5) is 11.8 Å². The van der Waals surface area contributed by atoms with Crippen LogP contribution in [0.15, 0.2) is 18.3 Å². The lowest BCUT2D eigenvalue weighted by Gasteiger charge is -2.22. The summed E-state index contributed by atoms with van der Waals surface area (Å²) in [6.07, 6.45) is 6.71. The fraction of sp³-hybridized carbons (Fsp3) is 0.548. The van der Waals surface area contributed by atoms with Crippen LogP contribution in [0.2, 0.25) is 0 Å². The molecule has 3 N–H and O–H groups in total. The number of hydrogen-bond donors (Lipinski definition) is 3. The van der Waals surface area contributed by atoms with Gasteiger partial charge < -0.3 is 29.4 Å². The molecule has 2 amide bonds. The summed E-state index contributed by atoms with van der Waals surface area (Å²) in [4.78, 5) is 34.6. The van der Waals surface area contributed by atoms with Gasteiger partial charge in [0.15, 0.2) is 18.3 Å². The van der Waals surface area contributed by atoms with E-state index in [9.17, 15) is 14.7 Å². The number of aliphatic hydroxyl groups is 1. The van der Waals surface area contributed by atoms with Gasteiger partial charge in [-0.25, -0.2) is 4.98 Å². The summed E-state index contributed by atoms with van der Waals surface area (Å²) in [5.74, 6) is 1.23. The highest BCUT2D eigenvalue weighted by molar-refractivity contribution is 5.95. The van der Waals surface area contributed by atoms with Crippen LogP contribution in [0.25, 0.3) is 6.08 Å². The summed E-state index contributed by atoms with van der Waals surface area (Å²) in [5.41, 5.74) is 0.598. The van der Waals surface area contributed by atoms with E-state index in [0.717, 1.165) is 18.4 Å². The molecule has 1 aromatic carbocycles. The van der Waals surface area contributed by atoms with Gasteiger partial charge in [0.2, 0.25) is 23.5 Å². The number of aromatic nitrogens is 2. The van der Waals surface area contributed by atoms with E-state index in [1.54, 1.807) is 59.9 Å². The molecule has 11 heteroatoms. The Morgan fingerprint density at radius 3 is 2.19 bits per heavy atom. The highest BCUT2D eigenvalue weighted by Crippen LogP contribution is 2.44. The van der Waals surface area contributed by atoms with Crippen LogP contribution in [0.3, 0.4) is 0 Å². The summed E-state index contributed by atoms with van der Waals surface area (Å²) in [6.45, 7) is 10.7. The van der Waals surface area contributed by atoms with Crippen LogP contribution in [0, 0.1) is 16.7 Å².